The van der Waals surface area contributed by atoms with E-state index in [-0.39, 0.29) is 6.10 Å². The van der Waals surface area contributed by atoms with Gasteiger partial charge in [-0.25, -0.2) is 0 Å². The first-order chi connectivity index (χ1) is 11.7. The van der Waals surface area contributed by atoms with Gasteiger partial charge in [0.25, 0.3) is 0 Å². The Kier molecular flexibility index (Phi) is 8.42. The number of hydrogen-bond acceptors (Lipinski definition) is 4. The fourth-order valence-electron chi connectivity index (χ4n) is 2.69. The van der Waals surface area contributed by atoms with Crippen LogP contribution in [-0.2, 0) is 16.0 Å². The Morgan fingerprint density at radius 3 is 2.83 bits per heavy atom. The van der Waals surface area contributed by atoms with Gasteiger partial charge in [0, 0.05) is 38.7 Å². The number of hydrogen-bond donors (Lipinski definition) is 1. The molecule has 1 heterocycles. The second-order valence-corrected chi connectivity index (χ2v) is 6.77. The van der Waals surface area contributed by atoms with E-state index in [1.807, 2.05) is 14.1 Å². The third kappa shape index (κ3) is 6.34. The molecule has 5 nitrogen and oxygen atoms in total. The molecule has 0 bridgehead atoms. The van der Waals surface area contributed by atoms with Gasteiger partial charge in [0.05, 0.1) is 19.3 Å². The standard InChI is InChI=1S/C18H29N3O2S/c1-19-18(20-10-12-22-14-16-5-4-11-23-16)21(2)13-15-6-8-17(24-3)9-7-15/h6-9,16H,4-5,10-14H2,1-3H3,(H,19,20). The first kappa shape index (κ1) is 19.1. The molecule has 6 heteroatoms. The molecule has 1 aliphatic rings. The second-order valence-electron chi connectivity index (χ2n) is 5.89. The predicted molar refractivity (Wildman–Crippen MR) is 101 cm³/mol. The predicted octanol–water partition coefficient (Wildman–Crippen LogP) is 2.61. The highest BCUT2D eigenvalue weighted by Crippen LogP contribution is 2.15. The number of aliphatic imine (C=N–C) groups is 1. The molecule has 0 aliphatic carbocycles. The largest absolute Gasteiger partial charge is 0.377 e. The van der Waals surface area contributed by atoms with Crippen molar-refractivity contribution in [1.29, 1.82) is 0 Å². The molecule has 1 unspecified atom stereocenters. The molecule has 1 saturated heterocycles. The minimum Gasteiger partial charge on any atom is -0.377 e. The molecule has 134 valence electrons. The lowest BCUT2D eigenvalue weighted by atomic mass is 10.2. The van der Waals surface area contributed by atoms with Gasteiger partial charge < -0.3 is 19.7 Å². The molecule has 1 aliphatic heterocycles. The van der Waals surface area contributed by atoms with Gasteiger partial charge >= 0.3 is 0 Å². The lowest BCUT2D eigenvalue weighted by Crippen LogP contribution is -2.40. The van der Waals surface area contributed by atoms with Crippen molar-refractivity contribution in [2.24, 2.45) is 4.99 Å². The van der Waals surface area contributed by atoms with E-state index in [2.05, 4.69) is 45.7 Å². The number of nitrogens with one attached hydrogen (secondary N) is 1. The van der Waals surface area contributed by atoms with Crippen LogP contribution in [0.1, 0.15) is 18.4 Å². The number of benzene rings is 1. The summed E-state index contributed by atoms with van der Waals surface area (Å²) in [5.41, 5.74) is 1.27. The molecular weight excluding hydrogens is 322 g/mol. The van der Waals surface area contributed by atoms with Crippen LogP contribution in [0.15, 0.2) is 34.2 Å². The van der Waals surface area contributed by atoms with Crippen LogP contribution < -0.4 is 5.32 Å². The van der Waals surface area contributed by atoms with Crippen LogP contribution in [0.2, 0.25) is 0 Å². The average molecular weight is 352 g/mol. The molecule has 1 aromatic rings. The van der Waals surface area contributed by atoms with Crippen LogP contribution in [0.5, 0.6) is 0 Å². The van der Waals surface area contributed by atoms with E-state index in [0.717, 1.165) is 38.5 Å². The summed E-state index contributed by atoms with van der Waals surface area (Å²) in [6, 6.07) is 8.65. The Labute approximate surface area is 149 Å². The molecule has 0 aromatic heterocycles. The van der Waals surface area contributed by atoms with Crippen molar-refractivity contribution in [2.45, 2.75) is 30.4 Å². The molecule has 1 fully saturated rings. The zero-order valence-electron chi connectivity index (χ0n) is 15.0. The lowest BCUT2D eigenvalue weighted by molar-refractivity contribution is 0.0190. The summed E-state index contributed by atoms with van der Waals surface area (Å²) in [6.45, 7) is 3.80. The molecular formula is C18H29N3O2S. The van der Waals surface area contributed by atoms with Gasteiger partial charge in [-0.2, -0.15) is 0 Å². The van der Waals surface area contributed by atoms with E-state index in [1.165, 1.54) is 10.5 Å². The first-order valence-corrected chi connectivity index (χ1v) is 9.69. The Morgan fingerprint density at radius 2 is 2.21 bits per heavy atom. The van der Waals surface area contributed by atoms with E-state index in [1.54, 1.807) is 11.8 Å². The van der Waals surface area contributed by atoms with Crippen LogP contribution in [0, 0.1) is 0 Å². The molecule has 1 aromatic carbocycles. The summed E-state index contributed by atoms with van der Waals surface area (Å²) >= 11 is 1.76. The zero-order valence-corrected chi connectivity index (χ0v) is 15.8. The minimum absolute atomic E-state index is 0.288. The van der Waals surface area contributed by atoms with Gasteiger partial charge in [0.2, 0.25) is 0 Å². The van der Waals surface area contributed by atoms with Gasteiger partial charge in [0.1, 0.15) is 0 Å². The Balaban J connectivity index is 1.67. The number of rotatable bonds is 8. The highest BCUT2D eigenvalue weighted by Gasteiger charge is 2.15. The molecule has 24 heavy (non-hydrogen) atoms. The van der Waals surface area contributed by atoms with Gasteiger partial charge in [0.15, 0.2) is 5.96 Å². The maximum atomic E-state index is 5.67. The third-order valence-corrected chi connectivity index (χ3v) is 4.75. The highest BCUT2D eigenvalue weighted by molar-refractivity contribution is 7.98. The summed E-state index contributed by atoms with van der Waals surface area (Å²) < 4.78 is 11.2. The average Bonchev–Trinajstić information content (AvgIpc) is 3.12. The minimum atomic E-state index is 0.288. The van der Waals surface area contributed by atoms with Crippen molar-refractivity contribution < 1.29 is 9.47 Å². The second kappa shape index (κ2) is 10.6. The van der Waals surface area contributed by atoms with E-state index in [0.29, 0.717) is 13.2 Å². The number of nitrogens with zero attached hydrogens (tertiary/aromatic N) is 2. The summed E-state index contributed by atoms with van der Waals surface area (Å²) in [5, 5.41) is 3.34. The highest BCUT2D eigenvalue weighted by atomic mass is 32.2. The van der Waals surface area contributed by atoms with Gasteiger partial charge in [-0.05, 0) is 36.8 Å². The Bertz CT molecular complexity index is 501. The summed E-state index contributed by atoms with van der Waals surface area (Å²) in [4.78, 5) is 7.74. The van der Waals surface area contributed by atoms with Crippen LogP contribution in [0.4, 0.5) is 0 Å². The molecule has 1 N–H and O–H groups in total. The van der Waals surface area contributed by atoms with Crippen molar-refractivity contribution in [3.8, 4) is 0 Å². The Morgan fingerprint density at radius 1 is 1.42 bits per heavy atom. The van der Waals surface area contributed by atoms with Gasteiger partial charge in [-0.3, -0.25) is 4.99 Å². The van der Waals surface area contributed by atoms with Crippen LogP contribution in [0.3, 0.4) is 0 Å². The first-order valence-electron chi connectivity index (χ1n) is 8.47. The maximum absolute atomic E-state index is 5.67. The molecule has 2 rings (SSSR count). The van der Waals surface area contributed by atoms with E-state index < -0.39 is 0 Å². The number of guanidine groups is 1. The fraction of sp³-hybridized carbons (Fsp3) is 0.611. The van der Waals surface area contributed by atoms with Crippen LogP contribution in [-0.4, -0.2) is 63.7 Å². The van der Waals surface area contributed by atoms with Gasteiger partial charge in [-0.1, -0.05) is 12.1 Å². The van der Waals surface area contributed by atoms with E-state index >= 15 is 0 Å². The summed E-state index contributed by atoms with van der Waals surface area (Å²) in [7, 11) is 3.86. The zero-order chi connectivity index (χ0) is 17.2. The normalized spacial score (nSPS) is 18.0. The monoisotopic (exact) mass is 351 g/mol. The summed E-state index contributed by atoms with van der Waals surface area (Å²) in [6.07, 6.45) is 4.65. The SMILES string of the molecule is CN=C(NCCOCC1CCCO1)N(C)Cc1ccc(SC)cc1. The molecule has 0 amide bonds. The van der Waals surface area contributed by atoms with E-state index in [4.69, 9.17) is 9.47 Å². The molecule has 0 radical (unpaired) electrons. The topological polar surface area (TPSA) is 46.1 Å². The molecule has 0 saturated carbocycles. The summed E-state index contributed by atoms with van der Waals surface area (Å²) in [5.74, 6) is 0.879. The number of ether oxygens (including phenoxy) is 2. The smallest absolute Gasteiger partial charge is 0.193 e. The van der Waals surface area contributed by atoms with Crippen molar-refractivity contribution in [3.63, 3.8) is 0 Å². The lowest BCUT2D eigenvalue weighted by Gasteiger charge is -2.22. The third-order valence-electron chi connectivity index (χ3n) is 4.01. The van der Waals surface area contributed by atoms with Crippen LogP contribution >= 0.6 is 11.8 Å². The van der Waals surface area contributed by atoms with Crippen molar-refractivity contribution in [3.05, 3.63) is 29.8 Å². The maximum Gasteiger partial charge on any atom is 0.193 e. The van der Waals surface area contributed by atoms with Crippen molar-refractivity contribution in [1.82, 2.24) is 10.2 Å². The van der Waals surface area contributed by atoms with E-state index in [9.17, 15) is 0 Å². The van der Waals surface area contributed by atoms with Crippen molar-refractivity contribution in [2.75, 3.05) is 46.7 Å². The Hall–Kier alpha value is -1.24. The number of thioether (sulfide) groups is 1. The quantitative estimate of drug-likeness (QED) is 0.338. The van der Waals surface area contributed by atoms with Gasteiger partial charge in [-0.15, -0.1) is 11.8 Å². The van der Waals surface area contributed by atoms with Crippen LogP contribution in [0.25, 0.3) is 0 Å². The molecule has 0 spiro atoms. The molecule has 1 atom stereocenters. The fourth-order valence-corrected chi connectivity index (χ4v) is 3.10. The van der Waals surface area contributed by atoms with Crippen molar-refractivity contribution >= 4 is 17.7 Å².